The highest BCUT2D eigenvalue weighted by atomic mass is 35.5. The Balaban J connectivity index is 1.84. The lowest BCUT2D eigenvalue weighted by Crippen LogP contribution is -2.37. The van der Waals surface area contributed by atoms with Gasteiger partial charge in [-0.3, -0.25) is 0 Å². The van der Waals surface area contributed by atoms with Crippen LogP contribution in [0.5, 0.6) is 5.88 Å². The van der Waals surface area contributed by atoms with Crippen molar-refractivity contribution in [2.45, 2.75) is 17.9 Å². The molecule has 5 rings (SSSR count). The van der Waals surface area contributed by atoms with Crippen LogP contribution < -0.4 is 10.1 Å². The molecule has 5 aromatic rings. The van der Waals surface area contributed by atoms with Gasteiger partial charge >= 0.3 is 0 Å². The number of nitrogens with one attached hydrogen (secondary N) is 1. The molecule has 4 aromatic carbocycles. The molecule has 182 valence electrons. The van der Waals surface area contributed by atoms with E-state index in [0.29, 0.717) is 23.9 Å². The lowest BCUT2D eigenvalue weighted by molar-refractivity contribution is 0.0118. The fourth-order valence-corrected chi connectivity index (χ4v) is 5.41. The predicted molar refractivity (Wildman–Crippen MR) is 148 cm³/mol. The zero-order valence-electron chi connectivity index (χ0n) is 20.4. The largest absolute Gasteiger partial charge is 0.481 e. The molecular formula is C31H29ClN2O2. The number of nitrogens with zero attached hydrogens (tertiary/aromatic N) is 1. The molecule has 0 aliphatic rings. The minimum atomic E-state index is -1.27. The summed E-state index contributed by atoms with van der Waals surface area (Å²) in [5.74, 6) is 0.0329. The second kappa shape index (κ2) is 10.3. The van der Waals surface area contributed by atoms with Crippen LogP contribution in [0, 0.1) is 0 Å². The van der Waals surface area contributed by atoms with Gasteiger partial charge in [-0.1, -0.05) is 84.4 Å². The van der Waals surface area contributed by atoms with Gasteiger partial charge in [0, 0.05) is 21.9 Å². The highest BCUT2D eigenvalue weighted by molar-refractivity contribution is 6.31. The number of hydrogen-bond acceptors (Lipinski definition) is 4. The van der Waals surface area contributed by atoms with Crippen molar-refractivity contribution in [2.75, 3.05) is 20.7 Å². The molecule has 2 atom stereocenters. The van der Waals surface area contributed by atoms with Gasteiger partial charge < -0.3 is 15.2 Å². The van der Waals surface area contributed by atoms with Crippen molar-refractivity contribution in [3.05, 3.63) is 119 Å². The Labute approximate surface area is 216 Å². The molecule has 0 unspecified atom stereocenters. The van der Waals surface area contributed by atoms with Gasteiger partial charge in [0.05, 0.1) is 12.6 Å². The molecule has 0 saturated carbocycles. The monoisotopic (exact) mass is 496 g/mol. The highest BCUT2D eigenvalue weighted by Gasteiger charge is 2.42. The van der Waals surface area contributed by atoms with Gasteiger partial charge in [0.1, 0.15) is 5.60 Å². The topological polar surface area (TPSA) is 54.4 Å². The van der Waals surface area contributed by atoms with Gasteiger partial charge in [-0.2, -0.15) is 0 Å². The Hall–Kier alpha value is -3.44. The maximum absolute atomic E-state index is 12.9. The van der Waals surface area contributed by atoms with E-state index >= 15 is 0 Å². The average molecular weight is 497 g/mol. The maximum atomic E-state index is 12.9. The number of rotatable bonds is 8. The molecule has 36 heavy (non-hydrogen) atoms. The van der Waals surface area contributed by atoms with Crippen molar-refractivity contribution in [1.82, 2.24) is 10.3 Å². The molecular weight excluding hydrogens is 468 g/mol. The molecule has 0 aliphatic carbocycles. The standard InChI is InChI=1S/C31H29ClN2O2/c1-33-18-17-31(35,27-14-8-12-21-9-6-7-13-25(21)27)29(22-10-4-3-5-11-22)26-20-23-19-24(32)15-16-28(23)34-30(26)36-2/h3-16,19-20,29,33,35H,17-18H2,1-2H3/t29-,31+/m1/s1. The Kier molecular flexibility index (Phi) is 6.92. The number of aromatic nitrogens is 1. The van der Waals surface area contributed by atoms with Gasteiger partial charge in [-0.25, -0.2) is 4.98 Å². The van der Waals surface area contributed by atoms with Gasteiger partial charge in [0.25, 0.3) is 0 Å². The van der Waals surface area contributed by atoms with E-state index in [1.165, 1.54) is 0 Å². The number of benzene rings is 4. The Morgan fingerprint density at radius 1 is 0.917 bits per heavy atom. The smallest absolute Gasteiger partial charge is 0.217 e. The number of aliphatic hydroxyl groups is 1. The molecule has 1 aromatic heterocycles. The summed E-state index contributed by atoms with van der Waals surface area (Å²) in [7, 11) is 3.53. The van der Waals surface area contributed by atoms with Crippen LogP contribution in [0.15, 0.2) is 97.1 Å². The van der Waals surface area contributed by atoms with E-state index in [2.05, 4.69) is 41.7 Å². The summed E-state index contributed by atoms with van der Waals surface area (Å²) in [6.45, 7) is 0.623. The lowest BCUT2D eigenvalue weighted by Gasteiger charge is -2.39. The van der Waals surface area contributed by atoms with Gasteiger partial charge in [0.15, 0.2) is 0 Å². The van der Waals surface area contributed by atoms with E-state index < -0.39 is 11.5 Å². The number of halogens is 1. The fourth-order valence-electron chi connectivity index (χ4n) is 5.23. The number of ether oxygens (including phenoxy) is 1. The van der Waals surface area contributed by atoms with Gasteiger partial charge in [-0.05, 0) is 66.2 Å². The first-order valence-electron chi connectivity index (χ1n) is 12.1. The normalized spacial score (nSPS) is 14.0. The second-order valence-electron chi connectivity index (χ2n) is 9.07. The molecule has 5 heteroatoms. The minimum absolute atomic E-state index is 0.455. The van der Waals surface area contributed by atoms with E-state index in [4.69, 9.17) is 21.3 Å². The Bertz CT molecular complexity index is 1500. The van der Waals surface area contributed by atoms with Crippen LogP contribution in [0.3, 0.4) is 0 Å². The van der Waals surface area contributed by atoms with Crippen LogP contribution in [0.4, 0.5) is 0 Å². The molecule has 0 saturated heterocycles. The summed E-state index contributed by atoms with van der Waals surface area (Å²) in [5.41, 5.74) is 2.18. The van der Waals surface area contributed by atoms with Gasteiger partial charge in [-0.15, -0.1) is 0 Å². The van der Waals surface area contributed by atoms with Crippen LogP contribution in [-0.4, -0.2) is 30.8 Å². The summed E-state index contributed by atoms with van der Waals surface area (Å²) in [4.78, 5) is 4.82. The molecule has 0 radical (unpaired) electrons. The molecule has 2 N–H and O–H groups in total. The molecule has 0 spiro atoms. The van der Waals surface area contributed by atoms with Crippen molar-refractivity contribution in [1.29, 1.82) is 0 Å². The molecule has 0 fully saturated rings. The molecule has 0 bridgehead atoms. The molecule has 0 aliphatic heterocycles. The third kappa shape index (κ3) is 4.44. The van der Waals surface area contributed by atoms with Crippen molar-refractivity contribution >= 4 is 33.3 Å². The second-order valence-corrected chi connectivity index (χ2v) is 9.51. The third-order valence-electron chi connectivity index (χ3n) is 6.90. The highest BCUT2D eigenvalue weighted by Crippen LogP contribution is 2.48. The van der Waals surface area contributed by atoms with Crippen molar-refractivity contribution in [3.8, 4) is 5.88 Å². The summed E-state index contributed by atoms with van der Waals surface area (Å²) in [5, 5.41) is 19.8. The van der Waals surface area contributed by atoms with Crippen LogP contribution in [-0.2, 0) is 5.60 Å². The summed E-state index contributed by atoms with van der Waals surface area (Å²) in [6.07, 6.45) is 0.480. The number of fused-ring (bicyclic) bond motifs is 2. The van der Waals surface area contributed by atoms with Crippen LogP contribution in [0.2, 0.25) is 5.02 Å². The van der Waals surface area contributed by atoms with E-state index in [0.717, 1.165) is 38.4 Å². The first-order valence-corrected chi connectivity index (χ1v) is 12.5. The van der Waals surface area contributed by atoms with E-state index in [1.807, 2.05) is 67.7 Å². The fraction of sp³-hybridized carbons (Fsp3) is 0.194. The number of pyridine rings is 1. The van der Waals surface area contributed by atoms with Crippen LogP contribution in [0.1, 0.15) is 29.0 Å². The zero-order valence-corrected chi connectivity index (χ0v) is 21.2. The molecule has 4 nitrogen and oxygen atoms in total. The Morgan fingerprint density at radius 2 is 1.67 bits per heavy atom. The maximum Gasteiger partial charge on any atom is 0.217 e. The first-order chi connectivity index (χ1) is 17.5. The number of hydrogen-bond donors (Lipinski definition) is 2. The van der Waals surface area contributed by atoms with Gasteiger partial charge in [0.2, 0.25) is 5.88 Å². The van der Waals surface area contributed by atoms with E-state index in [9.17, 15) is 5.11 Å². The zero-order chi connectivity index (χ0) is 25.1. The number of methoxy groups -OCH3 is 1. The summed E-state index contributed by atoms with van der Waals surface area (Å²) >= 11 is 6.34. The Morgan fingerprint density at radius 3 is 2.44 bits per heavy atom. The quantitative estimate of drug-likeness (QED) is 0.251. The van der Waals surface area contributed by atoms with Crippen LogP contribution >= 0.6 is 11.6 Å². The summed E-state index contributed by atoms with van der Waals surface area (Å²) < 4.78 is 5.84. The molecule has 0 amide bonds. The minimum Gasteiger partial charge on any atom is -0.481 e. The van der Waals surface area contributed by atoms with Crippen molar-refractivity contribution in [2.24, 2.45) is 0 Å². The lowest BCUT2D eigenvalue weighted by atomic mass is 9.70. The SMILES string of the molecule is CNCC[C@](O)(c1cccc2ccccc12)[C@H](c1ccccc1)c1cc2cc(Cl)ccc2nc1OC. The van der Waals surface area contributed by atoms with Crippen molar-refractivity contribution < 1.29 is 9.84 Å². The van der Waals surface area contributed by atoms with E-state index in [-0.39, 0.29) is 0 Å². The van der Waals surface area contributed by atoms with Crippen molar-refractivity contribution in [3.63, 3.8) is 0 Å². The van der Waals surface area contributed by atoms with Crippen LogP contribution in [0.25, 0.3) is 21.7 Å². The van der Waals surface area contributed by atoms with E-state index in [1.54, 1.807) is 7.11 Å². The first kappa shape index (κ1) is 24.3. The summed E-state index contributed by atoms with van der Waals surface area (Å²) in [6, 6.07) is 32.1. The molecule has 1 heterocycles. The predicted octanol–water partition coefficient (Wildman–Crippen LogP) is 6.68. The third-order valence-corrected chi connectivity index (χ3v) is 7.13. The average Bonchev–Trinajstić information content (AvgIpc) is 2.92.